The molecule has 1 N–H and O–H groups in total. The van der Waals surface area contributed by atoms with E-state index in [9.17, 15) is 22.8 Å². The number of alkyl halides is 3. The maximum atomic E-state index is 12.4. The number of aliphatic carboxylic acids is 1. The third-order valence-corrected chi connectivity index (χ3v) is 3.58. The predicted octanol–water partition coefficient (Wildman–Crippen LogP) is 2.04. The Kier molecular flexibility index (Phi) is 3.65. The summed E-state index contributed by atoms with van der Waals surface area (Å²) in [6.07, 6.45) is -3.39. The van der Waals surface area contributed by atoms with Crippen LogP contribution in [0.3, 0.4) is 0 Å². The van der Waals surface area contributed by atoms with Crippen LogP contribution in [0.25, 0.3) is 0 Å². The van der Waals surface area contributed by atoms with Crippen LogP contribution in [0.1, 0.15) is 29.4 Å². The molecular formula is C13H13F3N2O3. The maximum Gasteiger partial charge on any atom is 0.433 e. The van der Waals surface area contributed by atoms with Gasteiger partial charge in [0.05, 0.1) is 11.0 Å². The lowest BCUT2D eigenvalue weighted by molar-refractivity contribution is -0.147. The Morgan fingerprint density at radius 2 is 2.05 bits per heavy atom. The average Bonchev–Trinajstić information content (AvgIpc) is 2.81. The minimum Gasteiger partial charge on any atom is -0.481 e. The molecule has 1 saturated heterocycles. The van der Waals surface area contributed by atoms with Gasteiger partial charge in [-0.1, -0.05) is 0 Å². The number of hydrogen-bond acceptors (Lipinski definition) is 3. The summed E-state index contributed by atoms with van der Waals surface area (Å²) in [5, 5.41) is 9.09. The first-order valence-electron chi connectivity index (χ1n) is 6.19. The summed E-state index contributed by atoms with van der Waals surface area (Å²) in [6.45, 7) is 1.82. The molecule has 1 fully saturated rings. The van der Waals surface area contributed by atoms with Gasteiger partial charge in [0.15, 0.2) is 0 Å². The van der Waals surface area contributed by atoms with Crippen molar-refractivity contribution in [2.24, 2.45) is 5.41 Å². The molecule has 1 unspecified atom stereocenters. The average molecular weight is 302 g/mol. The van der Waals surface area contributed by atoms with Gasteiger partial charge in [0.1, 0.15) is 5.69 Å². The van der Waals surface area contributed by atoms with E-state index in [1.54, 1.807) is 0 Å². The third kappa shape index (κ3) is 2.98. The Labute approximate surface area is 118 Å². The molecule has 1 aliphatic rings. The lowest BCUT2D eigenvalue weighted by atomic mass is 9.90. The largest absolute Gasteiger partial charge is 0.481 e. The number of amides is 1. The number of hydrogen-bond donors (Lipinski definition) is 1. The van der Waals surface area contributed by atoms with Gasteiger partial charge in [0.2, 0.25) is 0 Å². The Balaban J connectivity index is 2.13. The van der Waals surface area contributed by atoms with E-state index in [0.29, 0.717) is 6.42 Å². The first kappa shape index (κ1) is 15.3. The van der Waals surface area contributed by atoms with Gasteiger partial charge in [-0.2, -0.15) is 13.2 Å². The number of carbonyl (C=O) groups is 2. The van der Waals surface area contributed by atoms with Crippen LogP contribution in [0.4, 0.5) is 13.2 Å². The van der Waals surface area contributed by atoms with Crippen LogP contribution in [0.15, 0.2) is 18.3 Å². The molecule has 1 aromatic heterocycles. The van der Waals surface area contributed by atoms with E-state index in [2.05, 4.69) is 4.98 Å². The number of rotatable bonds is 2. The number of pyridine rings is 1. The molecule has 0 bridgehead atoms. The van der Waals surface area contributed by atoms with Gasteiger partial charge < -0.3 is 10.0 Å². The highest BCUT2D eigenvalue weighted by atomic mass is 19.4. The van der Waals surface area contributed by atoms with Gasteiger partial charge in [-0.15, -0.1) is 0 Å². The second kappa shape index (κ2) is 5.01. The SMILES string of the molecule is CC1(C(=O)O)CCN(C(=O)c2ccc(C(F)(F)F)nc2)C1. The fourth-order valence-electron chi connectivity index (χ4n) is 2.18. The van der Waals surface area contributed by atoms with Crippen LogP contribution in [0.5, 0.6) is 0 Å². The van der Waals surface area contributed by atoms with E-state index in [1.165, 1.54) is 11.8 Å². The molecule has 114 valence electrons. The summed E-state index contributed by atoms with van der Waals surface area (Å²) in [7, 11) is 0. The van der Waals surface area contributed by atoms with E-state index in [1.807, 2.05) is 0 Å². The molecule has 0 saturated carbocycles. The van der Waals surface area contributed by atoms with Gasteiger partial charge in [-0.25, -0.2) is 0 Å². The monoisotopic (exact) mass is 302 g/mol. The second-order valence-electron chi connectivity index (χ2n) is 5.27. The van der Waals surface area contributed by atoms with Crippen LogP contribution < -0.4 is 0 Å². The summed E-state index contributed by atoms with van der Waals surface area (Å²) in [5.74, 6) is -1.51. The highest BCUT2D eigenvalue weighted by Crippen LogP contribution is 2.31. The first-order valence-corrected chi connectivity index (χ1v) is 6.19. The minimum atomic E-state index is -4.56. The molecule has 8 heteroatoms. The van der Waals surface area contributed by atoms with Crippen LogP contribution in [-0.2, 0) is 11.0 Å². The number of carboxylic acids is 1. The molecule has 0 radical (unpaired) electrons. The predicted molar refractivity (Wildman–Crippen MR) is 65.5 cm³/mol. The zero-order chi connectivity index (χ0) is 15.8. The van der Waals surface area contributed by atoms with Gasteiger partial charge in [-0.05, 0) is 25.5 Å². The van der Waals surface area contributed by atoms with E-state index in [0.717, 1.165) is 18.3 Å². The number of halogens is 3. The van der Waals surface area contributed by atoms with E-state index in [-0.39, 0.29) is 18.7 Å². The molecular weight excluding hydrogens is 289 g/mol. The lowest BCUT2D eigenvalue weighted by Gasteiger charge is -2.20. The Bertz CT molecular complexity index is 571. The number of carbonyl (C=O) groups excluding carboxylic acids is 1. The Morgan fingerprint density at radius 3 is 2.48 bits per heavy atom. The first-order chi connectivity index (χ1) is 9.63. The quantitative estimate of drug-likeness (QED) is 0.907. The smallest absolute Gasteiger partial charge is 0.433 e. The highest BCUT2D eigenvalue weighted by Gasteiger charge is 2.42. The van der Waals surface area contributed by atoms with E-state index in [4.69, 9.17) is 5.11 Å². The van der Waals surface area contributed by atoms with Crippen molar-refractivity contribution in [3.63, 3.8) is 0 Å². The Hall–Kier alpha value is -2.12. The van der Waals surface area contributed by atoms with Crippen molar-refractivity contribution >= 4 is 11.9 Å². The lowest BCUT2D eigenvalue weighted by Crippen LogP contribution is -2.34. The van der Waals surface area contributed by atoms with Crippen LogP contribution in [0.2, 0.25) is 0 Å². The normalized spacial score (nSPS) is 22.4. The molecule has 0 spiro atoms. The molecule has 5 nitrogen and oxygen atoms in total. The summed E-state index contributed by atoms with van der Waals surface area (Å²) >= 11 is 0. The summed E-state index contributed by atoms with van der Waals surface area (Å²) in [5.41, 5.74) is -2.08. The van der Waals surface area contributed by atoms with Crippen molar-refractivity contribution in [1.29, 1.82) is 0 Å². The van der Waals surface area contributed by atoms with Crippen LogP contribution in [-0.4, -0.2) is 40.0 Å². The minimum absolute atomic E-state index is 0.0117. The highest BCUT2D eigenvalue weighted by molar-refractivity contribution is 5.94. The standard InChI is InChI=1S/C13H13F3N2O3/c1-12(11(20)21)4-5-18(7-12)10(19)8-2-3-9(17-6-8)13(14,15)16/h2-3,6H,4-5,7H2,1H3,(H,20,21). The van der Waals surface area contributed by atoms with E-state index >= 15 is 0 Å². The fourth-order valence-corrected chi connectivity index (χ4v) is 2.18. The molecule has 1 aliphatic heterocycles. The van der Waals surface area contributed by atoms with Crippen molar-refractivity contribution in [2.45, 2.75) is 19.5 Å². The number of likely N-dealkylation sites (tertiary alicyclic amines) is 1. The summed E-state index contributed by atoms with van der Waals surface area (Å²) in [6, 6.07) is 1.79. The molecule has 0 aliphatic carbocycles. The van der Waals surface area contributed by atoms with Crippen LogP contribution >= 0.6 is 0 Å². The van der Waals surface area contributed by atoms with Gasteiger partial charge >= 0.3 is 12.1 Å². The molecule has 1 amide bonds. The van der Waals surface area contributed by atoms with Crippen molar-refractivity contribution in [1.82, 2.24) is 9.88 Å². The van der Waals surface area contributed by atoms with Crippen molar-refractivity contribution in [3.05, 3.63) is 29.6 Å². The third-order valence-electron chi connectivity index (χ3n) is 3.58. The van der Waals surface area contributed by atoms with E-state index < -0.39 is 29.2 Å². The number of carboxylic acid groups (broad SMARTS) is 1. The maximum absolute atomic E-state index is 12.4. The molecule has 1 atom stereocenters. The van der Waals surface area contributed by atoms with Gasteiger partial charge in [0.25, 0.3) is 5.91 Å². The fraction of sp³-hybridized carbons (Fsp3) is 0.462. The van der Waals surface area contributed by atoms with Gasteiger partial charge in [-0.3, -0.25) is 14.6 Å². The van der Waals surface area contributed by atoms with Crippen LogP contribution in [0, 0.1) is 5.41 Å². The zero-order valence-electron chi connectivity index (χ0n) is 11.1. The molecule has 0 aromatic carbocycles. The van der Waals surface area contributed by atoms with Crippen molar-refractivity contribution in [3.8, 4) is 0 Å². The summed E-state index contributed by atoms with van der Waals surface area (Å²) < 4.78 is 37.2. The molecule has 1 aromatic rings. The summed E-state index contributed by atoms with van der Waals surface area (Å²) in [4.78, 5) is 27.8. The van der Waals surface area contributed by atoms with Gasteiger partial charge in [0, 0.05) is 19.3 Å². The number of nitrogens with zero attached hydrogens (tertiary/aromatic N) is 2. The molecule has 2 rings (SSSR count). The number of aromatic nitrogens is 1. The van der Waals surface area contributed by atoms with Crippen molar-refractivity contribution in [2.75, 3.05) is 13.1 Å². The zero-order valence-corrected chi connectivity index (χ0v) is 11.1. The molecule has 21 heavy (non-hydrogen) atoms. The second-order valence-corrected chi connectivity index (χ2v) is 5.27. The molecule has 2 heterocycles. The Morgan fingerprint density at radius 1 is 1.38 bits per heavy atom. The topological polar surface area (TPSA) is 70.5 Å². The van der Waals surface area contributed by atoms with Crippen molar-refractivity contribution < 1.29 is 27.9 Å².